The molecule has 5 heteroatoms. The van der Waals surface area contributed by atoms with Gasteiger partial charge in [-0.25, -0.2) is 0 Å². The fourth-order valence-electron chi connectivity index (χ4n) is 2.77. The number of carbonyl (C=O) groups excluding carboxylic acids is 1. The zero-order valence-corrected chi connectivity index (χ0v) is 17.2. The van der Waals surface area contributed by atoms with Gasteiger partial charge in [0.2, 0.25) is 0 Å². The van der Waals surface area contributed by atoms with Crippen LogP contribution in [0.25, 0.3) is 0 Å². The first-order valence-electron chi connectivity index (χ1n) is 8.62. The number of hydrogen-bond donors (Lipinski definition) is 0. The molecular weight excluding hydrogens is 376 g/mol. The molecule has 0 aliphatic rings. The van der Waals surface area contributed by atoms with Crippen LogP contribution < -0.4 is 9.47 Å². The smallest absolute Gasteiger partial charge is 0.174 e. The van der Waals surface area contributed by atoms with Gasteiger partial charge in [0.1, 0.15) is 0 Å². The van der Waals surface area contributed by atoms with Crippen molar-refractivity contribution < 1.29 is 14.3 Å². The number of thioether (sulfide) groups is 1. The minimum Gasteiger partial charge on any atom is -0.493 e. The highest BCUT2D eigenvalue weighted by atomic mass is 32.2. The maximum Gasteiger partial charge on any atom is 0.174 e. The Morgan fingerprint density at radius 1 is 1.04 bits per heavy atom. The summed E-state index contributed by atoms with van der Waals surface area (Å²) in [7, 11) is 3.25. The summed E-state index contributed by atoms with van der Waals surface area (Å²) in [4.78, 5) is 14.7. The van der Waals surface area contributed by atoms with Crippen molar-refractivity contribution in [2.45, 2.75) is 23.5 Å². The van der Waals surface area contributed by atoms with Crippen LogP contribution in [-0.4, -0.2) is 20.0 Å². The van der Waals surface area contributed by atoms with Gasteiger partial charge < -0.3 is 9.47 Å². The average molecular weight is 399 g/mol. The molecule has 3 aromatic rings. The molecule has 3 nitrogen and oxygen atoms in total. The Bertz CT molecular complexity index is 886. The molecule has 3 rings (SSSR count). The van der Waals surface area contributed by atoms with E-state index in [0.717, 1.165) is 15.3 Å². The molecule has 140 valence electrons. The zero-order valence-electron chi connectivity index (χ0n) is 15.6. The first-order valence-corrected chi connectivity index (χ1v) is 10.4. The summed E-state index contributed by atoms with van der Waals surface area (Å²) in [5.41, 5.74) is 2.26. The first-order chi connectivity index (χ1) is 13.1. The van der Waals surface area contributed by atoms with Gasteiger partial charge in [0.05, 0.1) is 19.1 Å². The Hall–Kier alpha value is -2.24. The molecule has 0 N–H and O–H groups in total. The van der Waals surface area contributed by atoms with E-state index in [9.17, 15) is 4.79 Å². The van der Waals surface area contributed by atoms with Crippen LogP contribution in [0.15, 0.2) is 64.9 Å². The monoisotopic (exact) mass is 398 g/mol. The summed E-state index contributed by atoms with van der Waals surface area (Å²) in [6.45, 7) is 2.07. The highest BCUT2D eigenvalue weighted by Crippen LogP contribution is 2.41. The molecule has 0 bridgehead atoms. The van der Waals surface area contributed by atoms with E-state index in [1.54, 1.807) is 26.0 Å². The second-order valence-corrected chi connectivity index (χ2v) is 8.36. The molecule has 0 unspecified atom stereocenters. The topological polar surface area (TPSA) is 35.5 Å². The maximum atomic E-state index is 12.8. The fraction of sp³-hybridized carbons (Fsp3) is 0.227. The number of ether oxygens (including phenoxy) is 2. The number of benzene rings is 2. The van der Waals surface area contributed by atoms with E-state index < -0.39 is 0 Å². The zero-order chi connectivity index (χ0) is 19.2. The van der Waals surface area contributed by atoms with E-state index in [-0.39, 0.29) is 11.0 Å². The van der Waals surface area contributed by atoms with Crippen molar-refractivity contribution in [3.63, 3.8) is 0 Å². The summed E-state index contributed by atoms with van der Waals surface area (Å²) >= 11 is 3.18. The van der Waals surface area contributed by atoms with E-state index in [1.165, 1.54) is 16.9 Å². The van der Waals surface area contributed by atoms with Crippen LogP contribution in [0.4, 0.5) is 0 Å². The molecule has 2 aromatic carbocycles. The fourth-order valence-corrected chi connectivity index (χ4v) is 4.58. The molecule has 1 aromatic heterocycles. The molecule has 0 radical (unpaired) electrons. The largest absolute Gasteiger partial charge is 0.493 e. The van der Waals surface area contributed by atoms with E-state index >= 15 is 0 Å². The molecule has 0 aliphatic heterocycles. The second-order valence-electron chi connectivity index (χ2n) is 6.14. The van der Waals surface area contributed by atoms with Gasteiger partial charge in [-0.05, 0) is 48.2 Å². The third kappa shape index (κ3) is 4.93. The minimum atomic E-state index is -0.0119. The van der Waals surface area contributed by atoms with Crippen molar-refractivity contribution in [1.29, 1.82) is 0 Å². The molecule has 0 aliphatic carbocycles. The molecule has 0 saturated carbocycles. The number of hydrogen-bond acceptors (Lipinski definition) is 5. The van der Waals surface area contributed by atoms with Crippen molar-refractivity contribution in [2.75, 3.05) is 14.2 Å². The second kappa shape index (κ2) is 9.11. The Balaban J connectivity index is 1.91. The van der Waals surface area contributed by atoms with Crippen molar-refractivity contribution in [1.82, 2.24) is 0 Å². The Morgan fingerprint density at radius 3 is 2.41 bits per heavy atom. The number of rotatable bonds is 8. The highest BCUT2D eigenvalue weighted by molar-refractivity contribution is 7.99. The Kier molecular flexibility index (Phi) is 6.58. The number of Topliss-reactive ketones (excluding diaryl/α,β-unsaturated/α-hetero) is 1. The van der Waals surface area contributed by atoms with Crippen molar-refractivity contribution >= 4 is 28.9 Å². The van der Waals surface area contributed by atoms with Gasteiger partial charge in [-0.2, -0.15) is 0 Å². The highest BCUT2D eigenvalue weighted by Gasteiger charge is 2.21. The van der Waals surface area contributed by atoms with Crippen LogP contribution in [0.5, 0.6) is 11.5 Å². The van der Waals surface area contributed by atoms with Gasteiger partial charge in [0.25, 0.3) is 0 Å². The van der Waals surface area contributed by atoms with Crippen LogP contribution in [0.1, 0.15) is 32.5 Å². The van der Waals surface area contributed by atoms with Crippen LogP contribution >= 0.6 is 23.1 Å². The Labute approximate surface area is 168 Å². The molecule has 1 heterocycles. The molecule has 0 amide bonds. The average Bonchev–Trinajstić information content (AvgIpc) is 3.23. The van der Waals surface area contributed by atoms with Gasteiger partial charge in [-0.15, -0.1) is 23.1 Å². The lowest BCUT2D eigenvalue weighted by molar-refractivity contribution is 0.0986. The quantitative estimate of drug-likeness (QED) is 0.335. The number of aryl methyl sites for hydroxylation is 1. The first kappa shape index (κ1) is 19.5. The van der Waals surface area contributed by atoms with Crippen LogP contribution in [0.3, 0.4) is 0 Å². The number of ketones is 1. The van der Waals surface area contributed by atoms with Gasteiger partial charge in [0, 0.05) is 16.6 Å². The van der Waals surface area contributed by atoms with E-state index in [1.807, 2.05) is 35.7 Å². The molecule has 1 atom stereocenters. The number of carbonyl (C=O) groups is 1. The van der Waals surface area contributed by atoms with Gasteiger partial charge in [-0.3, -0.25) is 4.79 Å². The molecule has 0 spiro atoms. The molecule has 0 saturated heterocycles. The van der Waals surface area contributed by atoms with Gasteiger partial charge in [-0.1, -0.05) is 29.8 Å². The summed E-state index contributed by atoms with van der Waals surface area (Å²) in [5, 5.41) is 1.92. The van der Waals surface area contributed by atoms with Gasteiger partial charge in [0.15, 0.2) is 17.3 Å². The maximum absolute atomic E-state index is 12.8. The lowest BCUT2D eigenvalue weighted by Gasteiger charge is -2.18. The van der Waals surface area contributed by atoms with Crippen LogP contribution in [-0.2, 0) is 0 Å². The number of thiophene rings is 1. The summed E-state index contributed by atoms with van der Waals surface area (Å²) in [6.07, 6.45) is 0.425. The van der Waals surface area contributed by atoms with E-state index in [4.69, 9.17) is 9.47 Å². The van der Waals surface area contributed by atoms with Crippen LogP contribution in [0.2, 0.25) is 0 Å². The third-order valence-corrected chi connectivity index (χ3v) is 6.42. The molecule has 27 heavy (non-hydrogen) atoms. The predicted molar refractivity (Wildman–Crippen MR) is 113 cm³/mol. The van der Waals surface area contributed by atoms with Crippen molar-refractivity contribution in [2.24, 2.45) is 0 Å². The van der Waals surface area contributed by atoms with Gasteiger partial charge >= 0.3 is 0 Å². The summed E-state index contributed by atoms with van der Waals surface area (Å²) < 4.78 is 10.8. The lowest BCUT2D eigenvalue weighted by Crippen LogP contribution is -2.05. The normalized spacial score (nSPS) is 11.8. The number of methoxy groups -OCH3 is 2. The van der Waals surface area contributed by atoms with Crippen LogP contribution in [0, 0.1) is 6.92 Å². The third-order valence-electron chi connectivity index (χ3n) is 4.25. The Morgan fingerprint density at radius 2 is 1.78 bits per heavy atom. The van der Waals surface area contributed by atoms with E-state index in [2.05, 4.69) is 31.2 Å². The molecule has 0 fully saturated rings. The SMILES string of the molecule is COc1ccc([C@@H](CC(=O)c2cccs2)Sc2ccc(C)cc2)cc1OC. The predicted octanol–water partition coefficient (Wildman–Crippen LogP) is 6.18. The summed E-state index contributed by atoms with van der Waals surface area (Å²) in [5.74, 6) is 1.52. The van der Waals surface area contributed by atoms with Crippen molar-refractivity contribution in [3.8, 4) is 11.5 Å². The minimum absolute atomic E-state index is 0.0119. The lowest BCUT2D eigenvalue weighted by atomic mass is 10.1. The summed E-state index contributed by atoms with van der Waals surface area (Å²) in [6, 6.07) is 18.1. The van der Waals surface area contributed by atoms with E-state index in [0.29, 0.717) is 17.9 Å². The van der Waals surface area contributed by atoms with Crippen molar-refractivity contribution in [3.05, 3.63) is 76.0 Å². The molecular formula is C22H22O3S2. The standard InChI is InChI=1S/C22H22O3S2/c1-15-6-9-17(10-7-15)27-22(14-18(23)21-5-4-12-26-21)16-8-11-19(24-2)20(13-16)25-3/h4-13,22H,14H2,1-3H3/t22-/m1/s1.